The number of hydrogen-bond donors (Lipinski definition) is 0. The van der Waals surface area contributed by atoms with Crippen molar-refractivity contribution in [3.63, 3.8) is 0 Å². The molecule has 0 bridgehead atoms. The Morgan fingerprint density at radius 1 is 1.00 bits per heavy atom. The largest absolute Gasteiger partial charge is 0.497 e. The van der Waals surface area contributed by atoms with Crippen molar-refractivity contribution in [3.8, 4) is 5.75 Å². The predicted molar refractivity (Wildman–Crippen MR) is 61.7 cm³/mol. The number of rotatable bonds is 3. The summed E-state index contributed by atoms with van der Waals surface area (Å²) in [5.74, 6) is 1.49. The Morgan fingerprint density at radius 3 is 2.31 bits per heavy atom. The zero-order chi connectivity index (χ0) is 11.2. The Bertz CT molecular complexity index is 465. The number of nitrogens with zero attached hydrogens (tertiary/aromatic N) is 3. The fourth-order valence-electron chi connectivity index (χ4n) is 1.22. The molecule has 2 aromatic rings. The monoisotopic (exact) mass is 213 g/mol. The lowest BCUT2D eigenvalue weighted by Gasteiger charge is -1.98. The van der Waals surface area contributed by atoms with Gasteiger partial charge in [0.25, 0.3) is 0 Å². The summed E-state index contributed by atoms with van der Waals surface area (Å²) in [5, 5.41) is 0. The molecule has 0 saturated carbocycles. The molecular formula is C12H11N3O. The van der Waals surface area contributed by atoms with E-state index in [2.05, 4.69) is 15.0 Å². The Morgan fingerprint density at radius 2 is 1.69 bits per heavy atom. The van der Waals surface area contributed by atoms with Crippen LogP contribution in [0.3, 0.4) is 0 Å². The molecule has 0 atom stereocenters. The quantitative estimate of drug-likeness (QED) is 0.782. The summed E-state index contributed by atoms with van der Waals surface area (Å²) in [6.45, 7) is 0. The molecule has 0 unspecified atom stereocenters. The highest BCUT2D eigenvalue weighted by Gasteiger charge is 1.91. The summed E-state index contributed by atoms with van der Waals surface area (Å²) in [5.41, 5.74) is 1.07. The van der Waals surface area contributed by atoms with E-state index in [-0.39, 0.29) is 0 Å². The van der Waals surface area contributed by atoms with Crippen LogP contribution in [0.4, 0.5) is 0 Å². The number of aromatic nitrogens is 3. The van der Waals surface area contributed by atoms with Crippen LogP contribution in [0.15, 0.2) is 36.9 Å². The number of benzene rings is 1. The molecule has 0 aliphatic heterocycles. The van der Waals surface area contributed by atoms with Gasteiger partial charge in [-0.2, -0.15) is 0 Å². The average molecular weight is 213 g/mol. The van der Waals surface area contributed by atoms with Gasteiger partial charge in [-0.05, 0) is 23.8 Å². The van der Waals surface area contributed by atoms with Gasteiger partial charge in [0.2, 0.25) is 0 Å². The molecule has 1 aromatic carbocycles. The summed E-state index contributed by atoms with van der Waals surface area (Å²) in [6.07, 6.45) is 6.72. The van der Waals surface area contributed by atoms with Crippen molar-refractivity contribution in [3.05, 3.63) is 48.3 Å². The van der Waals surface area contributed by atoms with Crippen LogP contribution in [0.1, 0.15) is 11.4 Å². The smallest absolute Gasteiger partial charge is 0.155 e. The van der Waals surface area contributed by atoms with Crippen molar-refractivity contribution in [2.24, 2.45) is 0 Å². The first-order valence-corrected chi connectivity index (χ1v) is 4.82. The SMILES string of the molecule is COc1ccc(/C=C/c2ncncn2)cc1. The highest BCUT2D eigenvalue weighted by atomic mass is 16.5. The van der Waals surface area contributed by atoms with Gasteiger partial charge >= 0.3 is 0 Å². The molecule has 1 heterocycles. The van der Waals surface area contributed by atoms with Gasteiger partial charge in [-0.15, -0.1) is 0 Å². The lowest BCUT2D eigenvalue weighted by molar-refractivity contribution is 0.415. The second-order valence-electron chi connectivity index (χ2n) is 3.10. The lowest BCUT2D eigenvalue weighted by Crippen LogP contribution is -1.86. The van der Waals surface area contributed by atoms with E-state index in [9.17, 15) is 0 Å². The predicted octanol–water partition coefficient (Wildman–Crippen LogP) is 2.05. The Hall–Kier alpha value is -2.23. The minimum Gasteiger partial charge on any atom is -0.497 e. The zero-order valence-corrected chi connectivity index (χ0v) is 8.87. The first-order chi connectivity index (χ1) is 7.88. The molecule has 0 aliphatic carbocycles. The highest BCUT2D eigenvalue weighted by molar-refractivity contribution is 5.66. The average Bonchev–Trinajstić information content (AvgIpc) is 2.38. The van der Waals surface area contributed by atoms with E-state index in [4.69, 9.17) is 4.74 Å². The molecule has 16 heavy (non-hydrogen) atoms. The number of methoxy groups -OCH3 is 1. The fourth-order valence-corrected chi connectivity index (χ4v) is 1.22. The Labute approximate surface area is 93.7 Å². The van der Waals surface area contributed by atoms with Crippen molar-refractivity contribution < 1.29 is 4.74 Å². The molecule has 0 spiro atoms. The fraction of sp³-hybridized carbons (Fsp3) is 0.0833. The second-order valence-corrected chi connectivity index (χ2v) is 3.10. The summed E-state index contributed by atoms with van der Waals surface area (Å²) in [6, 6.07) is 7.76. The van der Waals surface area contributed by atoms with Gasteiger partial charge in [0.1, 0.15) is 18.4 Å². The van der Waals surface area contributed by atoms with E-state index in [1.54, 1.807) is 7.11 Å². The Kier molecular flexibility index (Phi) is 3.23. The van der Waals surface area contributed by atoms with Crippen LogP contribution in [0.2, 0.25) is 0 Å². The molecular weight excluding hydrogens is 202 g/mol. The Balaban J connectivity index is 2.12. The lowest BCUT2D eigenvalue weighted by atomic mass is 10.2. The minimum absolute atomic E-state index is 0.644. The van der Waals surface area contributed by atoms with Gasteiger partial charge in [-0.3, -0.25) is 0 Å². The normalized spacial score (nSPS) is 10.6. The van der Waals surface area contributed by atoms with E-state index < -0.39 is 0 Å². The molecule has 1 aromatic heterocycles. The third kappa shape index (κ3) is 2.63. The first kappa shape index (κ1) is 10.3. The molecule has 0 aliphatic rings. The molecule has 0 radical (unpaired) electrons. The summed E-state index contributed by atoms with van der Waals surface area (Å²) >= 11 is 0. The van der Waals surface area contributed by atoms with Gasteiger partial charge < -0.3 is 4.74 Å². The molecule has 0 fully saturated rings. The summed E-state index contributed by atoms with van der Waals surface area (Å²) in [7, 11) is 1.65. The van der Waals surface area contributed by atoms with E-state index in [1.807, 2.05) is 36.4 Å². The molecule has 4 nitrogen and oxygen atoms in total. The van der Waals surface area contributed by atoms with Crippen molar-refractivity contribution >= 4 is 12.2 Å². The summed E-state index contributed by atoms with van der Waals surface area (Å²) in [4.78, 5) is 11.7. The maximum atomic E-state index is 5.07. The topological polar surface area (TPSA) is 47.9 Å². The van der Waals surface area contributed by atoms with Gasteiger partial charge in [-0.25, -0.2) is 15.0 Å². The maximum absolute atomic E-state index is 5.07. The molecule has 0 amide bonds. The van der Waals surface area contributed by atoms with E-state index >= 15 is 0 Å². The minimum atomic E-state index is 0.644. The molecule has 4 heteroatoms. The third-order valence-corrected chi connectivity index (χ3v) is 2.05. The van der Waals surface area contributed by atoms with Gasteiger partial charge in [0, 0.05) is 0 Å². The van der Waals surface area contributed by atoms with Crippen LogP contribution in [0.25, 0.3) is 12.2 Å². The van der Waals surface area contributed by atoms with Gasteiger partial charge in [0.05, 0.1) is 7.11 Å². The van der Waals surface area contributed by atoms with Crippen LogP contribution in [0.5, 0.6) is 5.75 Å². The van der Waals surface area contributed by atoms with E-state index in [0.29, 0.717) is 5.82 Å². The van der Waals surface area contributed by atoms with E-state index in [0.717, 1.165) is 11.3 Å². The molecule has 80 valence electrons. The van der Waals surface area contributed by atoms with Gasteiger partial charge in [-0.1, -0.05) is 18.2 Å². The van der Waals surface area contributed by atoms with Crippen molar-refractivity contribution in [2.45, 2.75) is 0 Å². The van der Waals surface area contributed by atoms with E-state index in [1.165, 1.54) is 12.7 Å². The first-order valence-electron chi connectivity index (χ1n) is 4.82. The summed E-state index contributed by atoms with van der Waals surface area (Å²) < 4.78 is 5.07. The molecule has 0 saturated heterocycles. The van der Waals surface area contributed by atoms with Crippen molar-refractivity contribution in [1.29, 1.82) is 0 Å². The number of ether oxygens (including phenoxy) is 1. The molecule has 2 rings (SSSR count). The highest BCUT2D eigenvalue weighted by Crippen LogP contribution is 2.12. The van der Waals surface area contributed by atoms with Crippen LogP contribution >= 0.6 is 0 Å². The van der Waals surface area contributed by atoms with Crippen LogP contribution in [-0.4, -0.2) is 22.1 Å². The maximum Gasteiger partial charge on any atom is 0.155 e. The van der Waals surface area contributed by atoms with Crippen LogP contribution in [0, 0.1) is 0 Å². The standard InChI is InChI=1S/C12H11N3O/c1-16-11-5-2-10(3-6-11)4-7-12-14-8-13-9-15-12/h2-9H,1H3/b7-4+. The van der Waals surface area contributed by atoms with Crippen LogP contribution in [-0.2, 0) is 0 Å². The van der Waals surface area contributed by atoms with Crippen molar-refractivity contribution in [2.75, 3.05) is 7.11 Å². The second kappa shape index (κ2) is 5.02. The third-order valence-electron chi connectivity index (χ3n) is 2.05. The number of hydrogen-bond acceptors (Lipinski definition) is 4. The van der Waals surface area contributed by atoms with Crippen molar-refractivity contribution in [1.82, 2.24) is 15.0 Å². The zero-order valence-electron chi connectivity index (χ0n) is 8.87. The van der Waals surface area contributed by atoms with Crippen LogP contribution < -0.4 is 4.74 Å². The molecule has 0 N–H and O–H groups in total. The van der Waals surface area contributed by atoms with Gasteiger partial charge in [0.15, 0.2) is 5.82 Å².